The molecule has 2 saturated heterocycles. The zero-order valence-corrected chi connectivity index (χ0v) is 17.3. The van der Waals surface area contributed by atoms with Gasteiger partial charge in [0.25, 0.3) is 0 Å². The smallest absolute Gasteiger partial charge is 0.161 e. The summed E-state index contributed by atoms with van der Waals surface area (Å²) in [4.78, 5) is 0. The Balaban J connectivity index is 1.66. The van der Waals surface area contributed by atoms with Gasteiger partial charge in [-0.1, -0.05) is 12.1 Å². The Kier molecular flexibility index (Phi) is 5.75. The van der Waals surface area contributed by atoms with Gasteiger partial charge in [0.05, 0.1) is 52.5 Å². The molecule has 4 rings (SSSR count). The molecule has 6 atom stereocenters. The molecule has 0 aromatic heterocycles. The van der Waals surface area contributed by atoms with Crippen LogP contribution in [-0.2, 0) is 9.47 Å². The van der Waals surface area contributed by atoms with E-state index in [0.717, 1.165) is 11.1 Å². The van der Waals surface area contributed by atoms with Gasteiger partial charge in [-0.3, -0.25) is 0 Å². The third-order valence-corrected chi connectivity index (χ3v) is 5.85. The van der Waals surface area contributed by atoms with Gasteiger partial charge in [-0.15, -0.1) is 0 Å². The summed E-state index contributed by atoms with van der Waals surface area (Å²) < 4.78 is 33.1. The SMILES string of the molecule is COc1ccc([C@H]2O[C@@H](O)[C@H]3[C@@H]2[C@H](O)O[C@@H]3c2ccc(OC)c(OC)c2)cc1OC. The first kappa shape index (κ1) is 20.7. The molecule has 2 aliphatic heterocycles. The average molecular weight is 418 g/mol. The predicted molar refractivity (Wildman–Crippen MR) is 106 cm³/mol. The molecule has 0 saturated carbocycles. The Bertz CT molecular complexity index is 827. The lowest BCUT2D eigenvalue weighted by Gasteiger charge is -2.21. The van der Waals surface area contributed by atoms with Crippen LogP contribution in [0.5, 0.6) is 23.0 Å². The fourth-order valence-electron chi connectivity index (χ4n) is 4.41. The Morgan fingerprint density at radius 2 is 0.967 bits per heavy atom. The van der Waals surface area contributed by atoms with Crippen molar-refractivity contribution in [3.8, 4) is 23.0 Å². The van der Waals surface area contributed by atoms with Crippen LogP contribution in [0.3, 0.4) is 0 Å². The monoisotopic (exact) mass is 418 g/mol. The van der Waals surface area contributed by atoms with Crippen molar-refractivity contribution in [3.05, 3.63) is 47.5 Å². The lowest BCUT2D eigenvalue weighted by Crippen LogP contribution is -2.23. The van der Waals surface area contributed by atoms with E-state index < -0.39 is 36.6 Å². The van der Waals surface area contributed by atoms with Gasteiger partial charge in [0, 0.05) is 0 Å². The van der Waals surface area contributed by atoms with Crippen LogP contribution in [-0.4, -0.2) is 51.2 Å². The number of aliphatic hydroxyl groups excluding tert-OH is 2. The Morgan fingerprint density at radius 1 is 0.600 bits per heavy atom. The van der Waals surface area contributed by atoms with Gasteiger partial charge >= 0.3 is 0 Å². The molecule has 0 radical (unpaired) electrons. The summed E-state index contributed by atoms with van der Waals surface area (Å²) in [6.07, 6.45) is -3.35. The maximum absolute atomic E-state index is 10.7. The number of benzene rings is 2. The number of ether oxygens (including phenoxy) is 6. The number of rotatable bonds is 6. The lowest BCUT2D eigenvalue weighted by molar-refractivity contribution is -0.173. The molecule has 0 amide bonds. The van der Waals surface area contributed by atoms with Crippen molar-refractivity contribution in [1.82, 2.24) is 0 Å². The van der Waals surface area contributed by atoms with E-state index in [1.807, 2.05) is 12.1 Å². The molecule has 2 heterocycles. The topological polar surface area (TPSA) is 95.8 Å². The Morgan fingerprint density at radius 3 is 1.30 bits per heavy atom. The first-order chi connectivity index (χ1) is 14.5. The second kappa shape index (κ2) is 8.31. The highest BCUT2D eigenvalue weighted by molar-refractivity contribution is 5.45. The maximum atomic E-state index is 10.7. The van der Waals surface area contributed by atoms with E-state index in [2.05, 4.69) is 0 Å². The van der Waals surface area contributed by atoms with Gasteiger partial charge in [0.1, 0.15) is 0 Å². The molecule has 0 aliphatic carbocycles. The van der Waals surface area contributed by atoms with Crippen LogP contribution in [0.1, 0.15) is 23.3 Å². The largest absolute Gasteiger partial charge is 0.493 e. The van der Waals surface area contributed by atoms with E-state index >= 15 is 0 Å². The van der Waals surface area contributed by atoms with Crippen LogP contribution in [0, 0.1) is 11.8 Å². The number of fused-ring (bicyclic) bond motifs is 1. The van der Waals surface area contributed by atoms with E-state index in [0.29, 0.717) is 23.0 Å². The standard InChI is InChI=1S/C22H26O8/c1-25-13-7-5-11(9-15(13)27-3)19-17-18(22(24)29-19)20(30-21(17)23)12-6-8-14(26-2)16(10-12)28-4/h5-10,17-24H,1-4H3/t17-,18-,19+,20+,21+,22+/m0/s1. The summed E-state index contributed by atoms with van der Waals surface area (Å²) in [6.45, 7) is 0. The van der Waals surface area contributed by atoms with Crippen LogP contribution < -0.4 is 18.9 Å². The van der Waals surface area contributed by atoms with Crippen LogP contribution in [0.4, 0.5) is 0 Å². The van der Waals surface area contributed by atoms with E-state index in [-0.39, 0.29) is 0 Å². The van der Waals surface area contributed by atoms with Gasteiger partial charge < -0.3 is 38.6 Å². The third kappa shape index (κ3) is 3.35. The fourth-order valence-corrected chi connectivity index (χ4v) is 4.41. The summed E-state index contributed by atoms with van der Waals surface area (Å²) in [5.41, 5.74) is 1.52. The fraction of sp³-hybridized carbons (Fsp3) is 0.455. The summed E-state index contributed by atoms with van der Waals surface area (Å²) in [5.74, 6) is 1.33. The molecule has 30 heavy (non-hydrogen) atoms. The van der Waals surface area contributed by atoms with Gasteiger partial charge in [0.15, 0.2) is 35.6 Å². The molecule has 0 spiro atoms. The number of hydrogen-bond acceptors (Lipinski definition) is 8. The highest BCUT2D eigenvalue weighted by atomic mass is 16.7. The zero-order valence-electron chi connectivity index (χ0n) is 17.3. The van der Waals surface area contributed by atoms with Crippen LogP contribution in [0.2, 0.25) is 0 Å². The van der Waals surface area contributed by atoms with Crippen molar-refractivity contribution < 1.29 is 38.6 Å². The van der Waals surface area contributed by atoms with Crippen molar-refractivity contribution in [1.29, 1.82) is 0 Å². The van der Waals surface area contributed by atoms with Gasteiger partial charge in [0.2, 0.25) is 0 Å². The summed E-state index contributed by atoms with van der Waals surface area (Å²) in [6, 6.07) is 10.8. The highest BCUT2D eigenvalue weighted by Gasteiger charge is 2.57. The normalized spacial score (nSPS) is 30.1. The quantitative estimate of drug-likeness (QED) is 0.739. The van der Waals surface area contributed by atoms with Crippen LogP contribution in [0.15, 0.2) is 36.4 Å². The number of aliphatic hydroxyl groups is 2. The van der Waals surface area contributed by atoms with E-state index in [4.69, 9.17) is 28.4 Å². The predicted octanol–water partition coefficient (Wildman–Crippen LogP) is 2.43. The van der Waals surface area contributed by atoms with Crippen molar-refractivity contribution in [2.24, 2.45) is 11.8 Å². The lowest BCUT2D eigenvalue weighted by atomic mass is 9.83. The molecule has 0 bridgehead atoms. The van der Waals surface area contributed by atoms with Gasteiger partial charge in [-0.05, 0) is 35.4 Å². The van der Waals surface area contributed by atoms with Crippen molar-refractivity contribution >= 4 is 0 Å². The molecule has 2 aromatic carbocycles. The second-order valence-corrected chi connectivity index (χ2v) is 7.28. The summed E-state index contributed by atoms with van der Waals surface area (Å²) in [7, 11) is 6.22. The van der Waals surface area contributed by atoms with Crippen LogP contribution >= 0.6 is 0 Å². The minimum absolute atomic E-state index is 0.462. The molecule has 2 aliphatic rings. The molecular weight excluding hydrogens is 392 g/mol. The van der Waals surface area contributed by atoms with E-state index in [1.54, 1.807) is 52.7 Å². The zero-order chi connectivity index (χ0) is 21.4. The van der Waals surface area contributed by atoms with Crippen molar-refractivity contribution in [2.45, 2.75) is 24.8 Å². The average Bonchev–Trinajstić information content (AvgIpc) is 3.30. The van der Waals surface area contributed by atoms with Crippen molar-refractivity contribution in [3.63, 3.8) is 0 Å². The highest BCUT2D eigenvalue weighted by Crippen LogP contribution is 2.55. The molecule has 8 heteroatoms. The van der Waals surface area contributed by atoms with Gasteiger partial charge in [-0.2, -0.15) is 0 Å². The molecule has 8 nitrogen and oxygen atoms in total. The van der Waals surface area contributed by atoms with E-state index in [9.17, 15) is 10.2 Å². The maximum Gasteiger partial charge on any atom is 0.161 e. The first-order valence-corrected chi connectivity index (χ1v) is 9.63. The molecule has 162 valence electrons. The minimum atomic E-state index is -1.11. The van der Waals surface area contributed by atoms with Crippen LogP contribution in [0.25, 0.3) is 0 Å². The molecule has 2 aromatic rings. The Labute approximate surface area is 174 Å². The second-order valence-electron chi connectivity index (χ2n) is 7.28. The number of hydrogen-bond donors (Lipinski definition) is 2. The minimum Gasteiger partial charge on any atom is -0.493 e. The first-order valence-electron chi connectivity index (χ1n) is 9.63. The summed E-state index contributed by atoms with van der Waals surface area (Å²) in [5, 5.41) is 21.4. The number of methoxy groups -OCH3 is 4. The molecule has 2 fully saturated rings. The third-order valence-electron chi connectivity index (χ3n) is 5.85. The van der Waals surface area contributed by atoms with Gasteiger partial charge in [-0.25, -0.2) is 0 Å². The molecular formula is C22H26O8. The molecule has 2 N–H and O–H groups in total. The van der Waals surface area contributed by atoms with E-state index in [1.165, 1.54) is 0 Å². The molecule has 0 unspecified atom stereocenters. The van der Waals surface area contributed by atoms with Crippen molar-refractivity contribution in [2.75, 3.05) is 28.4 Å². The summed E-state index contributed by atoms with van der Waals surface area (Å²) >= 11 is 0. The Hall–Kier alpha value is -2.52.